The van der Waals surface area contributed by atoms with Crippen molar-refractivity contribution in [3.8, 4) is 0 Å². The Morgan fingerprint density at radius 2 is 1.67 bits per heavy atom. The quantitative estimate of drug-likeness (QED) is 0.523. The third-order valence-corrected chi connectivity index (χ3v) is 3.61. The molecule has 0 saturated carbocycles. The van der Waals surface area contributed by atoms with Crippen LogP contribution in [0.1, 0.15) is 67.7 Å². The Bertz CT molecular complexity index is 329. The second kappa shape index (κ2) is 12.7. The van der Waals surface area contributed by atoms with Crippen LogP contribution in [0, 0.1) is 5.92 Å². The van der Waals surface area contributed by atoms with Gasteiger partial charge < -0.3 is 19.5 Å². The van der Waals surface area contributed by atoms with Crippen molar-refractivity contribution in [2.24, 2.45) is 5.92 Å². The molecule has 0 bridgehead atoms. The van der Waals surface area contributed by atoms with Crippen LogP contribution in [0.25, 0.3) is 0 Å². The fourth-order valence-corrected chi connectivity index (χ4v) is 1.96. The molecule has 0 heterocycles. The molecular weight excluding hydrogens is 306 g/mol. The van der Waals surface area contributed by atoms with E-state index in [1.54, 1.807) is 0 Å². The average molecular weight is 346 g/mol. The van der Waals surface area contributed by atoms with Gasteiger partial charge in [0.15, 0.2) is 0 Å². The summed E-state index contributed by atoms with van der Waals surface area (Å²) < 4.78 is 17.2. The SMILES string of the molecule is CC(C)CNC(=O)CCOC(C)(C)CCOC(C)CCOC(C)C. The van der Waals surface area contributed by atoms with Crippen molar-refractivity contribution in [3.05, 3.63) is 0 Å². The molecule has 144 valence electrons. The van der Waals surface area contributed by atoms with E-state index in [-0.39, 0.29) is 23.7 Å². The molecule has 0 aromatic carbocycles. The van der Waals surface area contributed by atoms with Gasteiger partial charge in [0.1, 0.15) is 0 Å². The van der Waals surface area contributed by atoms with E-state index in [0.717, 1.165) is 19.4 Å². The average Bonchev–Trinajstić information content (AvgIpc) is 2.44. The lowest BCUT2D eigenvalue weighted by molar-refractivity contribution is -0.124. The van der Waals surface area contributed by atoms with Crippen LogP contribution in [0.15, 0.2) is 0 Å². The molecule has 0 aromatic rings. The van der Waals surface area contributed by atoms with Gasteiger partial charge in [-0.2, -0.15) is 0 Å². The fourth-order valence-electron chi connectivity index (χ4n) is 1.96. The van der Waals surface area contributed by atoms with Crippen molar-refractivity contribution in [1.82, 2.24) is 5.32 Å². The number of ether oxygens (including phenoxy) is 3. The van der Waals surface area contributed by atoms with Crippen LogP contribution >= 0.6 is 0 Å². The van der Waals surface area contributed by atoms with Crippen LogP contribution in [0.3, 0.4) is 0 Å². The van der Waals surface area contributed by atoms with Crippen LogP contribution < -0.4 is 5.32 Å². The van der Waals surface area contributed by atoms with Gasteiger partial charge in [-0.05, 0) is 53.4 Å². The Kier molecular flexibility index (Phi) is 12.3. The van der Waals surface area contributed by atoms with Crippen LogP contribution in [0.4, 0.5) is 0 Å². The molecule has 0 radical (unpaired) electrons. The Morgan fingerprint density at radius 1 is 1.00 bits per heavy atom. The lowest BCUT2D eigenvalue weighted by atomic mass is 10.1. The summed E-state index contributed by atoms with van der Waals surface area (Å²) in [6, 6.07) is 0. The first-order valence-corrected chi connectivity index (χ1v) is 9.26. The Balaban J connectivity index is 3.75. The van der Waals surface area contributed by atoms with Gasteiger partial charge >= 0.3 is 0 Å². The third kappa shape index (κ3) is 14.9. The highest BCUT2D eigenvalue weighted by Gasteiger charge is 2.19. The minimum Gasteiger partial charge on any atom is -0.379 e. The molecule has 1 amide bonds. The molecule has 0 fully saturated rings. The van der Waals surface area contributed by atoms with Crippen molar-refractivity contribution >= 4 is 5.91 Å². The summed E-state index contributed by atoms with van der Waals surface area (Å²) in [6.45, 7) is 16.9. The molecule has 5 heteroatoms. The van der Waals surface area contributed by atoms with Gasteiger partial charge in [0.05, 0.1) is 24.4 Å². The molecule has 0 aliphatic heterocycles. The summed E-state index contributed by atoms with van der Waals surface area (Å²) in [5.41, 5.74) is -0.285. The first kappa shape index (κ1) is 23.4. The van der Waals surface area contributed by atoms with Crippen molar-refractivity contribution in [2.75, 3.05) is 26.4 Å². The Hall–Kier alpha value is -0.650. The highest BCUT2D eigenvalue weighted by atomic mass is 16.5. The molecule has 1 unspecified atom stereocenters. The van der Waals surface area contributed by atoms with Crippen LogP contribution in [0.5, 0.6) is 0 Å². The van der Waals surface area contributed by atoms with Crippen LogP contribution in [-0.4, -0.2) is 50.1 Å². The van der Waals surface area contributed by atoms with E-state index in [4.69, 9.17) is 14.2 Å². The zero-order chi connectivity index (χ0) is 18.6. The molecule has 1 N–H and O–H groups in total. The standard InChI is InChI=1S/C19H39NO4/c1-15(2)14-20-18(21)9-12-24-19(6,7)10-13-23-17(5)8-11-22-16(3)4/h15-17H,8-14H2,1-7H3,(H,20,21). The molecule has 24 heavy (non-hydrogen) atoms. The summed E-state index contributed by atoms with van der Waals surface area (Å²) >= 11 is 0. The molecule has 0 aromatic heterocycles. The monoisotopic (exact) mass is 345 g/mol. The first-order chi connectivity index (χ1) is 11.1. The summed E-state index contributed by atoms with van der Waals surface area (Å²) in [7, 11) is 0. The predicted molar refractivity (Wildman–Crippen MR) is 98.2 cm³/mol. The summed E-state index contributed by atoms with van der Waals surface area (Å²) in [5, 5.41) is 2.90. The number of hydrogen-bond donors (Lipinski definition) is 1. The van der Waals surface area contributed by atoms with E-state index >= 15 is 0 Å². The zero-order valence-electron chi connectivity index (χ0n) is 16.8. The van der Waals surface area contributed by atoms with Gasteiger partial charge in [0.2, 0.25) is 5.91 Å². The maximum absolute atomic E-state index is 11.7. The second-order valence-corrected chi connectivity index (χ2v) is 7.70. The van der Waals surface area contributed by atoms with E-state index in [1.165, 1.54) is 0 Å². The number of hydrogen-bond acceptors (Lipinski definition) is 4. The molecular formula is C19H39NO4. The molecule has 0 rings (SSSR count). The van der Waals surface area contributed by atoms with E-state index in [9.17, 15) is 4.79 Å². The van der Waals surface area contributed by atoms with E-state index in [2.05, 4.69) is 26.1 Å². The number of nitrogens with one attached hydrogen (secondary N) is 1. The van der Waals surface area contributed by atoms with Gasteiger partial charge in [0.25, 0.3) is 0 Å². The van der Waals surface area contributed by atoms with Gasteiger partial charge in [-0.3, -0.25) is 4.79 Å². The van der Waals surface area contributed by atoms with Crippen molar-refractivity contribution in [1.29, 1.82) is 0 Å². The Morgan fingerprint density at radius 3 is 2.25 bits per heavy atom. The Labute approximate surface area is 148 Å². The van der Waals surface area contributed by atoms with E-state index in [0.29, 0.717) is 32.1 Å². The summed E-state index contributed by atoms with van der Waals surface area (Å²) in [6.07, 6.45) is 2.55. The largest absolute Gasteiger partial charge is 0.379 e. The molecule has 0 aliphatic rings. The maximum atomic E-state index is 11.7. The van der Waals surface area contributed by atoms with Crippen molar-refractivity contribution in [2.45, 2.75) is 85.5 Å². The van der Waals surface area contributed by atoms with Crippen LogP contribution in [-0.2, 0) is 19.0 Å². The second-order valence-electron chi connectivity index (χ2n) is 7.70. The highest BCUT2D eigenvalue weighted by Crippen LogP contribution is 2.15. The fraction of sp³-hybridized carbons (Fsp3) is 0.947. The van der Waals surface area contributed by atoms with Crippen molar-refractivity contribution in [3.63, 3.8) is 0 Å². The molecule has 0 saturated heterocycles. The molecule has 1 atom stereocenters. The van der Waals surface area contributed by atoms with E-state index < -0.39 is 0 Å². The molecule has 5 nitrogen and oxygen atoms in total. The number of rotatable bonds is 14. The topological polar surface area (TPSA) is 56.8 Å². The number of carbonyl (C=O) groups excluding carboxylic acids is 1. The first-order valence-electron chi connectivity index (χ1n) is 9.26. The summed E-state index contributed by atoms with van der Waals surface area (Å²) in [5.74, 6) is 0.519. The minimum atomic E-state index is -0.285. The van der Waals surface area contributed by atoms with Gasteiger partial charge in [-0.25, -0.2) is 0 Å². The normalized spacial score (nSPS) is 13.5. The number of carbonyl (C=O) groups is 1. The predicted octanol–water partition coefficient (Wildman–Crippen LogP) is 3.55. The molecule has 0 aliphatic carbocycles. The van der Waals surface area contributed by atoms with Crippen LogP contribution in [0.2, 0.25) is 0 Å². The minimum absolute atomic E-state index is 0.0505. The lowest BCUT2D eigenvalue weighted by Gasteiger charge is -2.26. The zero-order valence-corrected chi connectivity index (χ0v) is 16.8. The molecule has 0 spiro atoms. The summed E-state index contributed by atoms with van der Waals surface area (Å²) in [4.78, 5) is 11.7. The third-order valence-electron chi connectivity index (χ3n) is 3.61. The smallest absolute Gasteiger partial charge is 0.222 e. The van der Waals surface area contributed by atoms with E-state index in [1.807, 2.05) is 27.7 Å². The lowest BCUT2D eigenvalue weighted by Crippen LogP contribution is -2.31. The van der Waals surface area contributed by atoms with Gasteiger partial charge in [0, 0.05) is 26.2 Å². The highest BCUT2D eigenvalue weighted by molar-refractivity contribution is 5.75. The number of amides is 1. The van der Waals surface area contributed by atoms with Crippen molar-refractivity contribution < 1.29 is 19.0 Å². The van der Waals surface area contributed by atoms with Gasteiger partial charge in [-0.1, -0.05) is 13.8 Å². The maximum Gasteiger partial charge on any atom is 0.222 e. The van der Waals surface area contributed by atoms with Gasteiger partial charge in [-0.15, -0.1) is 0 Å².